The van der Waals surface area contributed by atoms with E-state index < -0.39 is 12.1 Å². The highest BCUT2D eigenvalue weighted by Gasteiger charge is 2.30. The second-order valence-corrected chi connectivity index (χ2v) is 5.38. The molecule has 0 bridgehead atoms. The van der Waals surface area contributed by atoms with Crippen molar-refractivity contribution >= 4 is 29.1 Å². The molecule has 0 saturated carbocycles. The first-order valence-corrected chi connectivity index (χ1v) is 6.84. The molecule has 1 aromatic heterocycles. The van der Waals surface area contributed by atoms with Crippen LogP contribution >= 0.6 is 11.3 Å². The van der Waals surface area contributed by atoms with E-state index in [4.69, 9.17) is 0 Å². The van der Waals surface area contributed by atoms with Crippen molar-refractivity contribution in [2.75, 3.05) is 6.54 Å². The van der Waals surface area contributed by atoms with E-state index in [9.17, 15) is 14.4 Å². The molecular formula is C12H15N3O3S. The van der Waals surface area contributed by atoms with Gasteiger partial charge in [-0.3, -0.25) is 14.4 Å². The number of β-lactam (4-membered cyclic amide) rings is 1. The monoisotopic (exact) mass is 281 g/mol. The van der Waals surface area contributed by atoms with Gasteiger partial charge in [-0.25, -0.2) is 0 Å². The first-order chi connectivity index (χ1) is 9.06. The Kier molecular flexibility index (Phi) is 4.16. The number of amides is 3. The normalized spacial score (nSPS) is 19.0. The van der Waals surface area contributed by atoms with Crippen LogP contribution in [0.15, 0.2) is 17.5 Å². The summed E-state index contributed by atoms with van der Waals surface area (Å²) in [7, 11) is 0. The van der Waals surface area contributed by atoms with Crippen molar-refractivity contribution in [3.63, 3.8) is 0 Å². The molecule has 1 aromatic rings. The smallest absolute Gasteiger partial charge is 0.244 e. The minimum atomic E-state index is -0.652. The van der Waals surface area contributed by atoms with Crippen LogP contribution in [-0.2, 0) is 20.8 Å². The van der Waals surface area contributed by atoms with E-state index >= 15 is 0 Å². The van der Waals surface area contributed by atoms with Gasteiger partial charge in [0.25, 0.3) is 0 Å². The standard InChI is InChI=1S/C12H15N3O3S/c1-7(11(17)15-9-6-13-12(9)18)14-10(16)5-8-3-2-4-19-8/h2-4,7,9H,5-6H2,1H3,(H,13,18)(H,14,16)(H,15,17)/t7-,9?/m1/s1. The number of hydrogen-bond acceptors (Lipinski definition) is 4. The number of hydrogen-bond donors (Lipinski definition) is 3. The van der Waals surface area contributed by atoms with E-state index in [-0.39, 0.29) is 24.1 Å². The maximum absolute atomic E-state index is 11.7. The summed E-state index contributed by atoms with van der Waals surface area (Å²) in [6, 6.07) is 2.62. The average Bonchev–Trinajstić information content (AvgIpc) is 2.86. The number of carbonyl (C=O) groups is 3. The SMILES string of the molecule is C[C@@H](NC(=O)Cc1cccs1)C(=O)NC1CNC1=O. The minimum Gasteiger partial charge on any atom is -0.352 e. The van der Waals surface area contributed by atoms with Gasteiger partial charge in [-0.1, -0.05) is 6.07 Å². The van der Waals surface area contributed by atoms with Gasteiger partial charge < -0.3 is 16.0 Å². The lowest BCUT2D eigenvalue weighted by molar-refractivity contribution is -0.134. The predicted molar refractivity (Wildman–Crippen MR) is 70.6 cm³/mol. The fourth-order valence-corrected chi connectivity index (χ4v) is 2.33. The topological polar surface area (TPSA) is 87.3 Å². The van der Waals surface area contributed by atoms with Gasteiger partial charge in [0.15, 0.2) is 0 Å². The van der Waals surface area contributed by atoms with Crippen molar-refractivity contribution < 1.29 is 14.4 Å². The van der Waals surface area contributed by atoms with Gasteiger partial charge in [0.05, 0.1) is 6.42 Å². The van der Waals surface area contributed by atoms with Crippen molar-refractivity contribution in [2.45, 2.75) is 25.4 Å². The molecule has 1 saturated heterocycles. The maximum Gasteiger partial charge on any atom is 0.244 e. The third-order valence-corrected chi connectivity index (χ3v) is 3.68. The van der Waals surface area contributed by atoms with Crippen LogP contribution in [0.5, 0.6) is 0 Å². The molecule has 1 unspecified atom stereocenters. The zero-order chi connectivity index (χ0) is 13.8. The number of rotatable bonds is 5. The molecule has 6 nitrogen and oxygen atoms in total. The van der Waals surface area contributed by atoms with E-state index in [0.717, 1.165) is 4.88 Å². The van der Waals surface area contributed by atoms with Crippen LogP contribution < -0.4 is 16.0 Å². The Labute approximate surface area is 114 Å². The first kappa shape index (κ1) is 13.5. The predicted octanol–water partition coefficient (Wildman–Crippen LogP) is -0.590. The van der Waals surface area contributed by atoms with Crippen LogP contribution in [0.2, 0.25) is 0 Å². The average molecular weight is 281 g/mol. The lowest BCUT2D eigenvalue weighted by atomic mass is 10.1. The maximum atomic E-state index is 11.7. The van der Waals surface area contributed by atoms with Gasteiger partial charge in [-0.15, -0.1) is 11.3 Å². The van der Waals surface area contributed by atoms with Gasteiger partial charge in [0.2, 0.25) is 17.7 Å². The largest absolute Gasteiger partial charge is 0.352 e. The van der Waals surface area contributed by atoms with Gasteiger partial charge in [0.1, 0.15) is 12.1 Å². The van der Waals surface area contributed by atoms with E-state index in [2.05, 4.69) is 16.0 Å². The summed E-state index contributed by atoms with van der Waals surface area (Å²) in [6.45, 7) is 2.04. The summed E-state index contributed by atoms with van der Waals surface area (Å²) in [5.41, 5.74) is 0. The fourth-order valence-electron chi connectivity index (χ4n) is 1.63. The van der Waals surface area contributed by atoms with Crippen molar-refractivity contribution in [2.24, 2.45) is 0 Å². The van der Waals surface area contributed by atoms with Crippen molar-refractivity contribution in [3.8, 4) is 0 Å². The zero-order valence-corrected chi connectivity index (χ0v) is 11.3. The molecule has 7 heteroatoms. The number of carbonyl (C=O) groups excluding carboxylic acids is 3. The Bertz CT molecular complexity index is 486. The quantitative estimate of drug-likeness (QED) is 0.630. The summed E-state index contributed by atoms with van der Waals surface area (Å²) in [4.78, 5) is 35.4. The molecule has 0 aromatic carbocycles. The zero-order valence-electron chi connectivity index (χ0n) is 10.4. The molecule has 0 radical (unpaired) electrons. The van der Waals surface area contributed by atoms with Crippen LogP contribution in [0.25, 0.3) is 0 Å². The Hall–Kier alpha value is -1.89. The molecule has 2 rings (SSSR count). The third-order valence-electron chi connectivity index (χ3n) is 2.80. The first-order valence-electron chi connectivity index (χ1n) is 5.96. The van der Waals surface area contributed by atoms with Gasteiger partial charge in [-0.05, 0) is 18.4 Å². The summed E-state index contributed by atoms with van der Waals surface area (Å²) >= 11 is 1.50. The highest BCUT2D eigenvalue weighted by molar-refractivity contribution is 7.10. The van der Waals surface area contributed by atoms with Crippen LogP contribution in [0.1, 0.15) is 11.8 Å². The van der Waals surface area contributed by atoms with Crippen molar-refractivity contribution in [1.29, 1.82) is 0 Å². The molecular weight excluding hydrogens is 266 g/mol. The lowest BCUT2D eigenvalue weighted by Gasteiger charge is -2.27. The lowest BCUT2D eigenvalue weighted by Crippen LogP contribution is -2.63. The van der Waals surface area contributed by atoms with Gasteiger partial charge >= 0.3 is 0 Å². The van der Waals surface area contributed by atoms with E-state index in [1.807, 2.05) is 17.5 Å². The number of nitrogens with one attached hydrogen (secondary N) is 3. The second-order valence-electron chi connectivity index (χ2n) is 4.35. The molecule has 0 spiro atoms. The summed E-state index contributed by atoms with van der Waals surface area (Å²) < 4.78 is 0. The Morgan fingerprint density at radius 2 is 2.37 bits per heavy atom. The molecule has 0 aliphatic carbocycles. The Balaban J connectivity index is 1.76. The summed E-state index contributed by atoms with van der Waals surface area (Å²) in [5, 5.41) is 9.61. The van der Waals surface area contributed by atoms with Crippen LogP contribution in [0, 0.1) is 0 Å². The minimum absolute atomic E-state index is 0.189. The third kappa shape index (κ3) is 3.54. The highest BCUT2D eigenvalue weighted by atomic mass is 32.1. The molecule has 102 valence electrons. The van der Waals surface area contributed by atoms with E-state index in [0.29, 0.717) is 6.54 Å². The summed E-state index contributed by atoms with van der Waals surface area (Å²) in [5.74, 6) is -0.743. The molecule has 3 amide bonds. The molecule has 1 aliphatic heterocycles. The number of thiophene rings is 1. The van der Waals surface area contributed by atoms with Crippen LogP contribution in [0.3, 0.4) is 0 Å². The van der Waals surface area contributed by atoms with Crippen LogP contribution in [0.4, 0.5) is 0 Å². The van der Waals surface area contributed by atoms with Gasteiger partial charge in [0, 0.05) is 11.4 Å². The Morgan fingerprint density at radius 1 is 1.58 bits per heavy atom. The molecule has 1 fully saturated rings. The fraction of sp³-hybridized carbons (Fsp3) is 0.417. The second kappa shape index (κ2) is 5.83. The summed E-state index contributed by atoms with van der Waals surface area (Å²) in [6.07, 6.45) is 0.263. The molecule has 1 aliphatic rings. The molecule has 19 heavy (non-hydrogen) atoms. The van der Waals surface area contributed by atoms with Crippen LogP contribution in [-0.4, -0.2) is 36.3 Å². The Morgan fingerprint density at radius 3 is 2.89 bits per heavy atom. The molecule has 2 heterocycles. The van der Waals surface area contributed by atoms with Crippen molar-refractivity contribution in [1.82, 2.24) is 16.0 Å². The molecule has 2 atom stereocenters. The van der Waals surface area contributed by atoms with E-state index in [1.54, 1.807) is 6.92 Å². The van der Waals surface area contributed by atoms with Crippen molar-refractivity contribution in [3.05, 3.63) is 22.4 Å². The van der Waals surface area contributed by atoms with Gasteiger partial charge in [-0.2, -0.15) is 0 Å². The van der Waals surface area contributed by atoms with E-state index in [1.165, 1.54) is 11.3 Å². The molecule has 3 N–H and O–H groups in total. The highest BCUT2D eigenvalue weighted by Crippen LogP contribution is 2.08.